The van der Waals surface area contributed by atoms with Crippen molar-refractivity contribution in [3.05, 3.63) is 64.7 Å². The fourth-order valence-corrected chi connectivity index (χ4v) is 4.87. The molecule has 0 aliphatic carbocycles. The van der Waals surface area contributed by atoms with E-state index in [-0.39, 0.29) is 30.2 Å². The number of likely N-dealkylation sites (tertiary alicyclic amines) is 1. The van der Waals surface area contributed by atoms with Gasteiger partial charge in [0.2, 0.25) is 11.8 Å². The number of hydrogen-bond acceptors (Lipinski definition) is 3. The maximum atomic E-state index is 13.4. The van der Waals surface area contributed by atoms with Gasteiger partial charge in [0.1, 0.15) is 0 Å². The zero-order chi connectivity index (χ0) is 22.4. The van der Waals surface area contributed by atoms with Gasteiger partial charge in [-0.05, 0) is 54.8 Å². The van der Waals surface area contributed by atoms with Crippen LogP contribution in [0.4, 0.5) is 5.69 Å². The molecule has 2 unspecified atom stereocenters. The number of benzene rings is 2. The van der Waals surface area contributed by atoms with Gasteiger partial charge < -0.3 is 10.2 Å². The summed E-state index contributed by atoms with van der Waals surface area (Å²) in [5.41, 5.74) is 3.02. The maximum absolute atomic E-state index is 13.4. The number of hydrogen-bond donors (Lipinski definition) is 1. The van der Waals surface area contributed by atoms with Crippen molar-refractivity contribution in [1.82, 2.24) is 4.90 Å². The van der Waals surface area contributed by atoms with Crippen LogP contribution in [0, 0.1) is 12.8 Å². The lowest BCUT2D eigenvalue weighted by Crippen LogP contribution is -2.45. The number of nitrogens with zero attached hydrogens (tertiary/aromatic N) is 1. The second-order valence-corrected chi connectivity index (χ2v) is 10.5. The summed E-state index contributed by atoms with van der Waals surface area (Å²) in [5, 5.41) is 4.14. The normalized spacial score (nSPS) is 19.0. The van der Waals surface area contributed by atoms with E-state index in [2.05, 4.69) is 19.2 Å². The number of nitrogens with one attached hydrogen (secondary N) is 1. The molecule has 2 atom stereocenters. The number of amides is 2. The van der Waals surface area contributed by atoms with Gasteiger partial charge in [-0.25, -0.2) is 0 Å². The van der Waals surface area contributed by atoms with Crippen molar-refractivity contribution < 1.29 is 9.59 Å². The summed E-state index contributed by atoms with van der Waals surface area (Å²) in [6, 6.07) is 15.5. The highest BCUT2D eigenvalue weighted by atomic mass is 35.5. The van der Waals surface area contributed by atoms with E-state index in [1.54, 1.807) is 0 Å². The molecular formula is C25H31ClN2O2S. The van der Waals surface area contributed by atoms with E-state index in [9.17, 15) is 9.59 Å². The van der Waals surface area contributed by atoms with E-state index >= 15 is 0 Å². The van der Waals surface area contributed by atoms with Crippen LogP contribution >= 0.6 is 23.4 Å². The molecule has 1 aliphatic rings. The van der Waals surface area contributed by atoms with E-state index in [1.807, 2.05) is 72.1 Å². The number of piperidine rings is 1. The largest absolute Gasteiger partial charge is 0.335 e. The summed E-state index contributed by atoms with van der Waals surface area (Å²) in [4.78, 5) is 28.0. The molecule has 2 amide bonds. The van der Waals surface area contributed by atoms with E-state index in [0.717, 1.165) is 29.0 Å². The lowest BCUT2D eigenvalue weighted by atomic mass is 9.86. The van der Waals surface area contributed by atoms with Crippen LogP contribution in [0.2, 0.25) is 5.02 Å². The minimum Gasteiger partial charge on any atom is -0.335 e. The molecule has 2 aromatic rings. The number of halogens is 1. The molecule has 4 nitrogen and oxygen atoms in total. The van der Waals surface area contributed by atoms with Crippen LogP contribution in [-0.2, 0) is 9.59 Å². The molecule has 0 saturated carbocycles. The van der Waals surface area contributed by atoms with E-state index in [1.165, 1.54) is 0 Å². The Morgan fingerprint density at radius 3 is 2.45 bits per heavy atom. The van der Waals surface area contributed by atoms with Crippen LogP contribution in [0.1, 0.15) is 50.3 Å². The molecular weight excluding hydrogens is 428 g/mol. The highest BCUT2D eigenvalue weighted by Gasteiger charge is 2.36. The second kappa shape index (κ2) is 11.1. The molecule has 1 heterocycles. The number of thioether (sulfide) groups is 1. The summed E-state index contributed by atoms with van der Waals surface area (Å²) in [6.07, 6.45) is 1.78. The van der Waals surface area contributed by atoms with Gasteiger partial charge in [-0.15, -0.1) is 0 Å². The Bertz CT molecular complexity index is 883. The first-order chi connectivity index (χ1) is 14.8. The third-order valence-corrected chi connectivity index (χ3v) is 6.94. The Morgan fingerprint density at radius 1 is 1.13 bits per heavy atom. The molecule has 2 aromatic carbocycles. The summed E-state index contributed by atoms with van der Waals surface area (Å²) in [6.45, 7) is 7.02. The zero-order valence-electron chi connectivity index (χ0n) is 18.4. The third kappa shape index (κ3) is 6.75. The zero-order valence-corrected chi connectivity index (χ0v) is 20.0. The molecule has 1 N–H and O–H groups in total. The number of carbonyl (C=O) groups is 2. The van der Waals surface area contributed by atoms with Crippen molar-refractivity contribution in [1.29, 1.82) is 0 Å². The number of aryl methyl sites for hydroxylation is 1. The van der Waals surface area contributed by atoms with Crippen molar-refractivity contribution in [3.8, 4) is 0 Å². The van der Waals surface area contributed by atoms with Crippen LogP contribution in [0.3, 0.4) is 0 Å². The molecule has 1 fully saturated rings. The maximum Gasteiger partial charge on any atom is 0.226 e. The number of carbonyl (C=O) groups excluding carboxylic acids is 2. The van der Waals surface area contributed by atoms with Gasteiger partial charge in [0.05, 0.1) is 6.04 Å². The summed E-state index contributed by atoms with van der Waals surface area (Å²) in [5.74, 6) is 0.576. The van der Waals surface area contributed by atoms with Gasteiger partial charge in [0, 0.05) is 35.3 Å². The predicted molar refractivity (Wildman–Crippen MR) is 131 cm³/mol. The fourth-order valence-electron chi connectivity index (χ4n) is 3.97. The lowest BCUT2D eigenvalue weighted by molar-refractivity contribution is -0.143. The van der Waals surface area contributed by atoms with Crippen molar-refractivity contribution in [2.24, 2.45) is 5.92 Å². The average Bonchev–Trinajstić information content (AvgIpc) is 2.73. The van der Waals surface area contributed by atoms with Gasteiger partial charge in [-0.1, -0.05) is 55.3 Å². The van der Waals surface area contributed by atoms with E-state index in [0.29, 0.717) is 23.2 Å². The summed E-state index contributed by atoms with van der Waals surface area (Å²) in [7, 11) is 0. The first-order valence-electron chi connectivity index (χ1n) is 10.9. The first kappa shape index (κ1) is 23.7. The molecule has 0 aromatic heterocycles. The van der Waals surface area contributed by atoms with Crippen molar-refractivity contribution >= 4 is 40.9 Å². The topological polar surface area (TPSA) is 49.4 Å². The van der Waals surface area contributed by atoms with Crippen LogP contribution in [0.5, 0.6) is 0 Å². The predicted octanol–water partition coefficient (Wildman–Crippen LogP) is 6.10. The van der Waals surface area contributed by atoms with Gasteiger partial charge in [0.15, 0.2) is 0 Å². The third-order valence-electron chi connectivity index (χ3n) is 5.60. The van der Waals surface area contributed by atoms with Gasteiger partial charge >= 0.3 is 0 Å². The highest BCUT2D eigenvalue weighted by molar-refractivity contribution is 7.99. The van der Waals surface area contributed by atoms with Crippen molar-refractivity contribution in [2.75, 3.05) is 17.6 Å². The molecule has 0 radical (unpaired) electrons. The van der Waals surface area contributed by atoms with Gasteiger partial charge in [0.25, 0.3) is 0 Å². The molecule has 0 bridgehead atoms. The SMILES string of the molecule is Cc1ccc(NC(=O)CC2CCC(c3ccc(Cl)cc3)N(CCSC(C)C)C2=O)cc1. The van der Waals surface area contributed by atoms with Crippen LogP contribution in [0.25, 0.3) is 0 Å². The second-order valence-electron chi connectivity index (χ2n) is 8.41. The Kier molecular flexibility index (Phi) is 8.44. The van der Waals surface area contributed by atoms with Crippen LogP contribution < -0.4 is 5.32 Å². The fraction of sp³-hybridized carbons (Fsp3) is 0.440. The minimum absolute atomic E-state index is 0.0361. The van der Waals surface area contributed by atoms with Crippen LogP contribution in [-0.4, -0.2) is 34.3 Å². The van der Waals surface area contributed by atoms with E-state index < -0.39 is 0 Å². The summed E-state index contributed by atoms with van der Waals surface area (Å²) < 4.78 is 0. The molecule has 6 heteroatoms. The molecule has 1 aliphatic heterocycles. The Morgan fingerprint density at radius 2 is 1.81 bits per heavy atom. The van der Waals surface area contributed by atoms with Gasteiger partial charge in [-0.2, -0.15) is 11.8 Å². The van der Waals surface area contributed by atoms with Crippen molar-refractivity contribution in [3.63, 3.8) is 0 Å². The molecule has 0 spiro atoms. The first-order valence-corrected chi connectivity index (χ1v) is 12.3. The number of rotatable bonds is 8. The Labute approximate surface area is 194 Å². The van der Waals surface area contributed by atoms with Gasteiger partial charge in [-0.3, -0.25) is 9.59 Å². The molecule has 31 heavy (non-hydrogen) atoms. The monoisotopic (exact) mass is 458 g/mol. The van der Waals surface area contributed by atoms with Crippen LogP contribution in [0.15, 0.2) is 48.5 Å². The quantitative estimate of drug-likeness (QED) is 0.520. The summed E-state index contributed by atoms with van der Waals surface area (Å²) >= 11 is 7.91. The highest BCUT2D eigenvalue weighted by Crippen LogP contribution is 2.36. The molecule has 1 saturated heterocycles. The smallest absolute Gasteiger partial charge is 0.226 e. The average molecular weight is 459 g/mol. The lowest BCUT2D eigenvalue weighted by Gasteiger charge is -2.39. The molecule has 166 valence electrons. The minimum atomic E-state index is -0.280. The number of anilines is 1. The Balaban J connectivity index is 1.68. The van der Waals surface area contributed by atoms with Crippen molar-refractivity contribution in [2.45, 2.75) is 51.3 Å². The standard InChI is InChI=1S/C25H31ClN2O2S/c1-17(2)31-15-14-28-23(19-6-9-21(26)10-7-19)13-8-20(25(28)30)16-24(29)27-22-11-4-18(3)5-12-22/h4-7,9-12,17,20,23H,8,13-16H2,1-3H3,(H,27,29). The van der Waals surface area contributed by atoms with E-state index in [4.69, 9.17) is 11.6 Å². The Hall–Kier alpha value is -1.98. The molecule has 3 rings (SSSR count).